The molecule has 1 heterocycles. The van der Waals surface area contributed by atoms with Gasteiger partial charge in [-0.2, -0.15) is 8.42 Å². The maximum atomic E-state index is 14.2. The third-order valence-electron chi connectivity index (χ3n) is 3.58. The quantitative estimate of drug-likeness (QED) is 0.794. The van der Waals surface area contributed by atoms with Gasteiger partial charge in [-0.05, 0) is 31.5 Å². The van der Waals surface area contributed by atoms with Gasteiger partial charge in [0.1, 0.15) is 5.82 Å². The molecular weight excluding hydrogens is 363 g/mol. The van der Waals surface area contributed by atoms with Gasteiger partial charge in [-0.25, -0.2) is 9.18 Å². The smallest absolute Gasteiger partial charge is 0.338 e. The fraction of sp³-hybridized carbons (Fsp3) is 0.412. The van der Waals surface area contributed by atoms with E-state index in [1.54, 1.807) is 6.92 Å². The molecule has 0 aliphatic rings. The highest BCUT2D eigenvalue weighted by Crippen LogP contribution is 2.27. The maximum Gasteiger partial charge on any atom is 0.338 e. The average Bonchev–Trinajstić information content (AvgIpc) is 3.01. The molecule has 9 heteroatoms. The highest BCUT2D eigenvalue weighted by atomic mass is 32.2. The predicted octanol–water partition coefficient (Wildman–Crippen LogP) is 3.40. The van der Waals surface area contributed by atoms with Crippen LogP contribution in [0.1, 0.15) is 49.3 Å². The molecule has 142 valence electrons. The number of sulfonamides is 1. The lowest BCUT2D eigenvalue weighted by atomic mass is 9.93. The molecule has 1 aromatic carbocycles. The Morgan fingerprint density at radius 2 is 1.96 bits per heavy atom. The van der Waals surface area contributed by atoms with Gasteiger partial charge in [-0.1, -0.05) is 25.9 Å². The highest BCUT2D eigenvalue weighted by molar-refractivity contribution is 7.92. The molecule has 0 bridgehead atoms. The molecule has 0 saturated heterocycles. The first-order valence-corrected chi connectivity index (χ1v) is 9.41. The summed E-state index contributed by atoms with van der Waals surface area (Å²) < 4.78 is 51.0. The van der Waals surface area contributed by atoms with Crippen molar-refractivity contribution in [3.8, 4) is 0 Å². The van der Waals surface area contributed by atoms with Gasteiger partial charge >= 0.3 is 5.97 Å². The maximum absolute atomic E-state index is 14.2. The second-order valence-electron chi connectivity index (χ2n) is 6.75. The number of hydrogen-bond donors (Lipinski definition) is 1. The molecule has 0 atom stereocenters. The van der Waals surface area contributed by atoms with E-state index in [0.29, 0.717) is 11.3 Å². The van der Waals surface area contributed by atoms with E-state index in [4.69, 9.17) is 9.26 Å². The van der Waals surface area contributed by atoms with Crippen LogP contribution in [0.5, 0.6) is 0 Å². The van der Waals surface area contributed by atoms with Crippen molar-refractivity contribution < 1.29 is 26.9 Å². The minimum Gasteiger partial charge on any atom is -0.462 e. The minimum absolute atomic E-state index is 0.0684. The van der Waals surface area contributed by atoms with Crippen LogP contribution in [0.3, 0.4) is 0 Å². The number of carbonyl (C=O) groups is 1. The topological polar surface area (TPSA) is 98.5 Å². The zero-order chi connectivity index (χ0) is 19.7. The second-order valence-corrected chi connectivity index (χ2v) is 8.37. The summed E-state index contributed by atoms with van der Waals surface area (Å²) in [7, 11) is -4.21. The number of carbonyl (C=O) groups excluding carboxylic acids is 1. The number of halogens is 1. The zero-order valence-electron chi connectivity index (χ0n) is 15.2. The van der Waals surface area contributed by atoms with Crippen molar-refractivity contribution in [3.63, 3.8) is 0 Å². The van der Waals surface area contributed by atoms with Crippen molar-refractivity contribution in [2.75, 3.05) is 11.3 Å². The van der Waals surface area contributed by atoms with E-state index in [1.165, 1.54) is 13.0 Å². The Balaban J connectivity index is 2.39. The molecule has 1 N–H and O–H groups in total. The van der Waals surface area contributed by atoms with E-state index in [2.05, 4.69) is 9.88 Å². The fourth-order valence-electron chi connectivity index (χ4n) is 2.11. The number of ether oxygens (including phenoxy) is 1. The Bertz CT molecular complexity index is 929. The molecule has 0 aliphatic heterocycles. The largest absolute Gasteiger partial charge is 0.462 e. The van der Waals surface area contributed by atoms with Crippen molar-refractivity contribution in [2.45, 2.75) is 45.1 Å². The van der Waals surface area contributed by atoms with E-state index in [0.717, 1.165) is 12.1 Å². The van der Waals surface area contributed by atoms with Crippen molar-refractivity contribution in [1.82, 2.24) is 5.16 Å². The van der Waals surface area contributed by atoms with Crippen LogP contribution in [0.15, 0.2) is 27.8 Å². The summed E-state index contributed by atoms with van der Waals surface area (Å²) in [6.07, 6.45) is 0. The van der Waals surface area contributed by atoms with Gasteiger partial charge in [-0.3, -0.25) is 4.72 Å². The Labute approximate surface area is 151 Å². The Morgan fingerprint density at radius 3 is 2.50 bits per heavy atom. The van der Waals surface area contributed by atoms with E-state index in [9.17, 15) is 17.6 Å². The van der Waals surface area contributed by atoms with Crippen LogP contribution in [0.2, 0.25) is 0 Å². The van der Waals surface area contributed by atoms with Gasteiger partial charge in [0.15, 0.2) is 0 Å². The molecule has 1 aromatic heterocycles. The van der Waals surface area contributed by atoms with E-state index in [-0.39, 0.29) is 17.9 Å². The van der Waals surface area contributed by atoms with Gasteiger partial charge in [0, 0.05) is 11.5 Å². The molecule has 26 heavy (non-hydrogen) atoms. The molecule has 0 aliphatic carbocycles. The number of benzene rings is 1. The van der Waals surface area contributed by atoms with E-state index in [1.807, 2.05) is 20.8 Å². The van der Waals surface area contributed by atoms with Crippen molar-refractivity contribution in [1.29, 1.82) is 0 Å². The first-order chi connectivity index (χ1) is 12.0. The minimum atomic E-state index is -4.21. The lowest BCUT2D eigenvalue weighted by Crippen LogP contribution is -2.15. The number of aromatic nitrogens is 1. The van der Waals surface area contributed by atoms with Crippen LogP contribution in [0, 0.1) is 12.7 Å². The molecule has 2 aromatic rings. The van der Waals surface area contributed by atoms with Gasteiger partial charge in [0.05, 0.1) is 23.6 Å². The SMILES string of the molecule is CCOC(=O)c1cc(NS(=O)(=O)c2cc(C(C)(C)C)no2)c(F)cc1C. The summed E-state index contributed by atoms with van der Waals surface area (Å²) in [6, 6.07) is 3.44. The highest BCUT2D eigenvalue weighted by Gasteiger charge is 2.27. The number of aryl methyl sites for hydroxylation is 1. The molecule has 2 rings (SSSR count). The number of rotatable bonds is 5. The van der Waals surface area contributed by atoms with Crippen LogP contribution in [0.25, 0.3) is 0 Å². The molecule has 0 spiro atoms. The number of hydrogen-bond acceptors (Lipinski definition) is 6. The van der Waals surface area contributed by atoms with E-state index < -0.39 is 32.3 Å². The Hall–Kier alpha value is -2.42. The van der Waals surface area contributed by atoms with Crippen molar-refractivity contribution in [3.05, 3.63) is 40.8 Å². The van der Waals surface area contributed by atoms with Crippen LogP contribution in [-0.2, 0) is 20.2 Å². The fourth-order valence-corrected chi connectivity index (χ4v) is 3.06. The van der Waals surface area contributed by atoms with Crippen LogP contribution < -0.4 is 4.72 Å². The number of nitrogens with zero attached hydrogens (tertiary/aromatic N) is 1. The molecule has 0 radical (unpaired) electrons. The molecule has 0 fully saturated rings. The summed E-state index contributed by atoms with van der Waals surface area (Å²) in [4.78, 5) is 11.9. The molecule has 0 amide bonds. The van der Waals surface area contributed by atoms with Crippen molar-refractivity contribution >= 4 is 21.7 Å². The Kier molecular flexibility index (Phi) is 5.41. The number of esters is 1. The summed E-state index contributed by atoms with van der Waals surface area (Å²) >= 11 is 0. The van der Waals surface area contributed by atoms with E-state index >= 15 is 0 Å². The summed E-state index contributed by atoms with van der Waals surface area (Å²) in [6.45, 7) is 8.85. The Morgan fingerprint density at radius 1 is 1.31 bits per heavy atom. The van der Waals surface area contributed by atoms with Crippen LogP contribution in [0.4, 0.5) is 10.1 Å². The molecular formula is C17H21FN2O5S. The van der Waals surface area contributed by atoms with Gasteiger partial charge in [0.25, 0.3) is 15.1 Å². The van der Waals surface area contributed by atoms with Crippen LogP contribution in [-0.4, -0.2) is 26.2 Å². The second kappa shape index (κ2) is 7.06. The molecule has 0 saturated carbocycles. The first kappa shape index (κ1) is 19.9. The summed E-state index contributed by atoms with van der Waals surface area (Å²) in [5.41, 5.74) is 0.0445. The molecule has 7 nitrogen and oxygen atoms in total. The van der Waals surface area contributed by atoms with Gasteiger partial charge in [-0.15, -0.1) is 0 Å². The average molecular weight is 384 g/mol. The molecule has 0 unspecified atom stereocenters. The lowest BCUT2D eigenvalue weighted by molar-refractivity contribution is 0.0525. The normalized spacial score (nSPS) is 12.1. The van der Waals surface area contributed by atoms with Gasteiger partial charge < -0.3 is 9.26 Å². The predicted molar refractivity (Wildman–Crippen MR) is 93.1 cm³/mol. The monoisotopic (exact) mass is 384 g/mol. The summed E-state index contributed by atoms with van der Waals surface area (Å²) in [5, 5.41) is 3.30. The van der Waals surface area contributed by atoms with Gasteiger partial charge in [0.2, 0.25) is 0 Å². The lowest BCUT2D eigenvalue weighted by Gasteiger charge is -2.12. The van der Waals surface area contributed by atoms with Crippen molar-refractivity contribution in [2.24, 2.45) is 0 Å². The zero-order valence-corrected chi connectivity index (χ0v) is 16.0. The van der Waals surface area contributed by atoms with Crippen LogP contribution >= 0.6 is 0 Å². The standard InChI is InChI=1S/C17H21FN2O5S/c1-6-24-16(21)11-8-13(12(18)7-10(11)2)20-26(22,23)15-9-14(19-25-15)17(3,4)5/h7-9,20H,6H2,1-5H3. The first-order valence-electron chi connectivity index (χ1n) is 7.93. The third kappa shape index (κ3) is 4.21. The third-order valence-corrected chi connectivity index (χ3v) is 4.79. The summed E-state index contributed by atoms with van der Waals surface area (Å²) in [5.74, 6) is -1.49. The number of nitrogens with one attached hydrogen (secondary N) is 1. The number of anilines is 1.